The minimum atomic E-state index is 0.185. The standard InChI is InChI=1S/C16H27N3O2/c1-2-3-4-5-6-7-8-9-14(12-15-13-20-15)21-16-10-11-17-19-18-16/h10-11,14-15H,2-9,12-13H2,1H3. The third-order valence-electron chi connectivity index (χ3n) is 3.82. The normalized spacial score (nSPS) is 18.4. The molecule has 0 aliphatic carbocycles. The molecule has 0 aromatic carbocycles. The molecule has 0 radical (unpaired) electrons. The molecule has 1 aromatic rings. The summed E-state index contributed by atoms with van der Waals surface area (Å²) in [4.78, 5) is 0. The summed E-state index contributed by atoms with van der Waals surface area (Å²) in [5, 5.41) is 11.2. The Kier molecular flexibility index (Phi) is 7.43. The minimum Gasteiger partial charge on any atom is -0.473 e. The average molecular weight is 293 g/mol. The summed E-state index contributed by atoms with van der Waals surface area (Å²) in [5.41, 5.74) is 0. The van der Waals surface area contributed by atoms with E-state index in [-0.39, 0.29) is 6.10 Å². The Bertz CT molecular complexity index is 371. The molecule has 2 atom stereocenters. The lowest BCUT2D eigenvalue weighted by molar-refractivity contribution is 0.155. The van der Waals surface area contributed by atoms with Crippen molar-refractivity contribution in [3.05, 3.63) is 12.3 Å². The number of aromatic nitrogens is 3. The molecule has 1 aliphatic rings. The van der Waals surface area contributed by atoms with E-state index in [1.807, 2.05) is 0 Å². The van der Waals surface area contributed by atoms with E-state index in [4.69, 9.17) is 9.47 Å². The van der Waals surface area contributed by atoms with Crippen molar-refractivity contribution in [2.45, 2.75) is 76.9 Å². The molecular weight excluding hydrogens is 266 g/mol. The van der Waals surface area contributed by atoms with Gasteiger partial charge >= 0.3 is 0 Å². The lowest BCUT2D eigenvalue weighted by atomic mass is 10.0. The first-order valence-corrected chi connectivity index (χ1v) is 8.31. The van der Waals surface area contributed by atoms with Crippen molar-refractivity contribution in [3.8, 4) is 5.88 Å². The Labute approximate surface area is 127 Å². The van der Waals surface area contributed by atoms with Crippen LogP contribution < -0.4 is 4.74 Å². The van der Waals surface area contributed by atoms with Crippen LogP contribution in [0.15, 0.2) is 12.3 Å². The molecule has 2 rings (SSSR count). The maximum absolute atomic E-state index is 5.92. The van der Waals surface area contributed by atoms with E-state index in [1.54, 1.807) is 12.3 Å². The zero-order valence-electron chi connectivity index (χ0n) is 13.0. The predicted octanol–water partition coefficient (Wildman–Crippen LogP) is 3.55. The lowest BCUT2D eigenvalue weighted by Gasteiger charge is -2.17. The van der Waals surface area contributed by atoms with Crippen molar-refractivity contribution in [2.75, 3.05) is 6.61 Å². The van der Waals surface area contributed by atoms with E-state index in [9.17, 15) is 0 Å². The van der Waals surface area contributed by atoms with Crippen LogP contribution in [-0.4, -0.2) is 34.2 Å². The molecule has 1 aliphatic heterocycles. The summed E-state index contributed by atoms with van der Waals surface area (Å²) >= 11 is 0. The molecule has 5 nitrogen and oxygen atoms in total. The fourth-order valence-electron chi connectivity index (χ4n) is 2.52. The molecule has 5 heteroatoms. The summed E-state index contributed by atoms with van der Waals surface area (Å²) in [5.74, 6) is 0.568. The van der Waals surface area contributed by atoms with Gasteiger partial charge in [-0.25, -0.2) is 0 Å². The second kappa shape index (κ2) is 9.66. The van der Waals surface area contributed by atoms with Crippen LogP contribution >= 0.6 is 0 Å². The van der Waals surface area contributed by atoms with Gasteiger partial charge in [0.05, 0.1) is 18.9 Å². The van der Waals surface area contributed by atoms with E-state index in [0.717, 1.165) is 19.4 Å². The second-order valence-corrected chi connectivity index (χ2v) is 5.80. The first-order chi connectivity index (χ1) is 10.4. The van der Waals surface area contributed by atoms with Crippen molar-refractivity contribution in [1.29, 1.82) is 0 Å². The molecule has 2 unspecified atom stereocenters. The van der Waals surface area contributed by atoms with Gasteiger partial charge in [0.25, 0.3) is 0 Å². The van der Waals surface area contributed by atoms with Gasteiger partial charge in [0.1, 0.15) is 6.10 Å². The number of unbranched alkanes of at least 4 members (excludes halogenated alkanes) is 6. The number of hydrogen-bond donors (Lipinski definition) is 0. The number of epoxide rings is 1. The van der Waals surface area contributed by atoms with Crippen LogP contribution in [0.4, 0.5) is 0 Å². The summed E-state index contributed by atoms with van der Waals surface area (Å²) in [6, 6.07) is 1.76. The van der Waals surface area contributed by atoms with Crippen molar-refractivity contribution in [1.82, 2.24) is 15.4 Å². The molecule has 0 amide bonds. The molecule has 21 heavy (non-hydrogen) atoms. The molecule has 0 N–H and O–H groups in total. The Morgan fingerprint density at radius 1 is 1.24 bits per heavy atom. The SMILES string of the molecule is CCCCCCCCCC(CC1CO1)Oc1ccnnn1. The van der Waals surface area contributed by atoms with Crippen molar-refractivity contribution in [3.63, 3.8) is 0 Å². The third-order valence-corrected chi connectivity index (χ3v) is 3.82. The Hall–Kier alpha value is -1.23. The topological polar surface area (TPSA) is 60.4 Å². The maximum Gasteiger partial charge on any atom is 0.237 e. The Balaban J connectivity index is 1.62. The van der Waals surface area contributed by atoms with Gasteiger partial charge in [0.2, 0.25) is 5.88 Å². The summed E-state index contributed by atoms with van der Waals surface area (Å²) in [6.07, 6.45) is 13.5. The van der Waals surface area contributed by atoms with Gasteiger partial charge in [-0.05, 0) is 18.1 Å². The van der Waals surface area contributed by atoms with Crippen LogP contribution in [0.1, 0.15) is 64.7 Å². The molecule has 1 saturated heterocycles. The van der Waals surface area contributed by atoms with Gasteiger partial charge in [0.15, 0.2) is 0 Å². The number of hydrogen-bond acceptors (Lipinski definition) is 5. The van der Waals surface area contributed by atoms with Crippen LogP contribution in [0.5, 0.6) is 5.88 Å². The number of ether oxygens (including phenoxy) is 2. The lowest BCUT2D eigenvalue weighted by Crippen LogP contribution is -2.20. The van der Waals surface area contributed by atoms with Crippen molar-refractivity contribution >= 4 is 0 Å². The van der Waals surface area contributed by atoms with E-state index in [0.29, 0.717) is 12.0 Å². The van der Waals surface area contributed by atoms with E-state index >= 15 is 0 Å². The highest BCUT2D eigenvalue weighted by molar-refractivity contribution is 5.03. The summed E-state index contributed by atoms with van der Waals surface area (Å²) < 4.78 is 11.2. The molecule has 0 spiro atoms. The van der Waals surface area contributed by atoms with E-state index in [2.05, 4.69) is 22.3 Å². The van der Waals surface area contributed by atoms with Gasteiger partial charge in [-0.15, -0.1) is 5.10 Å². The van der Waals surface area contributed by atoms with Crippen LogP contribution in [0, 0.1) is 0 Å². The quantitative estimate of drug-likeness (QED) is 0.435. The van der Waals surface area contributed by atoms with Crippen LogP contribution in [0.25, 0.3) is 0 Å². The molecule has 0 saturated carbocycles. The molecular formula is C16H27N3O2. The molecule has 0 bridgehead atoms. The zero-order valence-corrected chi connectivity index (χ0v) is 13.0. The monoisotopic (exact) mass is 293 g/mol. The van der Waals surface area contributed by atoms with Gasteiger partial charge < -0.3 is 9.47 Å². The molecule has 1 fully saturated rings. The second-order valence-electron chi connectivity index (χ2n) is 5.80. The van der Waals surface area contributed by atoms with Crippen LogP contribution in [0.3, 0.4) is 0 Å². The number of rotatable bonds is 12. The Morgan fingerprint density at radius 3 is 2.67 bits per heavy atom. The van der Waals surface area contributed by atoms with Gasteiger partial charge in [-0.3, -0.25) is 0 Å². The maximum atomic E-state index is 5.92. The highest BCUT2D eigenvalue weighted by Gasteiger charge is 2.27. The molecule has 2 heterocycles. The van der Waals surface area contributed by atoms with Crippen molar-refractivity contribution < 1.29 is 9.47 Å². The predicted molar refractivity (Wildman–Crippen MR) is 81.2 cm³/mol. The highest BCUT2D eigenvalue weighted by Crippen LogP contribution is 2.22. The van der Waals surface area contributed by atoms with Gasteiger partial charge in [-0.2, -0.15) is 0 Å². The van der Waals surface area contributed by atoms with E-state index in [1.165, 1.54) is 44.9 Å². The van der Waals surface area contributed by atoms with Crippen molar-refractivity contribution in [2.24, 2.45) is 0 Å². The zero-order chi connectivity index (χ0) is 14.8. The van der Waals surface area contributed by atoms with Gasteiger partial charge in [0, 0.05) is 12.5 Å². The largest absolute Gasteiger partial charge is 0.473 e. The fraction of sp³-hybridized carbons (Fsp3) is 0.812. The Morgan fingerprint density at radius 2 is 2.00 bits per heavy atom. The summed E-state index contributed by atoms with van der Waals surface area (Å²) in [6.45, 7) is 3.13. The van der Waals surface area contributed by atoms with Crippen LogP contribution in [-0.2, 0) is 4.74 Å². The highest BCUT2D eigenvalue weighted by atomic mass is 16.6. The van der Waals surface area contributed by atoms with Crippen LogP contribution in [0.2, 0.25) is 0 Å². The first-order valence-electron chi connectivity index (χ1n) is 8.31. The number of nitrogens with zero attached hydrogens (tertiary/aromatic N) is 3. The third kappa shape index (κ3) is 7.37. The smallest absolute Gasteiger partial charge is 0.237 e. The fourth-order valence-corrected chi connectivity index (χ4v) is 2.52. The van der Waals surface area contributed by atoms with E-state index < -0.39 is 0 Å². The summed E-state index contributed by atoms with van der Waals surface area (Å²) in [7, 11) is 0. The molecule has 1 aromatic heterocycles. The minimum absolute atomic E-state index is 0.185. The average Bonchev–Trinajstić information content (AvgIpc) is 3.31. The molecule has 118 valence electrons. The van der Waals surface area contributed by atoms with Gasteiger partial charge in [-0.1, -0.05) is 50.5 Å². The first kappa shape index (κ1) is 16.1.